The maximum atomic E-state index is 12.0. The van der Waals surface area contributed by atoms with Crippen molar-refractivity contribution in [3.63, 3.8) is 0 Å². The Morgan fingerprint density at radius 1 is 1.15 bits per heavy atom. The lowest BCUT2D eigenvalue weighted by molar-refractivity contribution is -0.127. The van der Waals surface area contributed by atoms with E-state index in [1.807, 2.05) is 18.3 Å². The number of anilines is 2. The number of methoxy groups -OCH3 is 2. The zero-order valence-electron chi connectivity index (χ0n) is 22.3. The van der Waals surface area contributed by atoms with Gasteiger partial charge in [0.25, 0.3) is 0 Å². The van der Waals surface area contributed by atoms with Crippen LogP contribution in [0.4, 0.5) is 11.6 Å². The molecule has 6 rings (SSSR count). The van der Waals surface area contributed by atoms with E-state index in [1.165, 1.54) is 6.08 Å². The van der Waals surface area contributed by atoms with E-state index in [2.05, 4.69) is 16.8 Å². The summed E-state index contributed by atoms with van der Waals surface area (Å²) in [5.74, 6) is 2.44. The van der Waals surface area contributed by atoms with Crippen LogP contribution in [-0.4, -0.2) is 75.5 Å². The van der Waals surface area contributed by atoms with E-state index in [0.29, 0.717) is 58.3 Å². The third kappa shape index (κ3) is 4.75. The molecule has 3 saturated heterocycles. The fourth-order valence-electron chi connectivity index (χ4n) is 5.66. The number of nitrogens with zero attached hydrogens (tertiary/aromatic N) is 3. The summed E-state index contributed by atoms with van der Waals surface area (Å²) in [7, 11) is 3.09. The number of ketones is 1. The van der Waals surface area contributed by atoms with Crippen molar-refractivity contribution in [2.75, 3.05) is 64.0 Å². The Morgan fingerprint density at radius 3 is 2.50 bits per heavy atom. The van der Waals surface area contributed by atoms with E-state index in [9.17, 15) is 4.79 Å². The van der Waals surface area contributed by atoms with Gasteiger partial charge in [-0.05, 0) is 18.2 Å². The standard InChI is InChI=1S/C29H30Cl2N4O5/c1-4-18(36)5-17-10-39-11-21(17)33-24-7-19-16(9-32-24)6-20(34-28(19)35-12-29(13-35)14-40-15-29)25-26(30)22(37-2)8-23(38-3)27(25)31/h4,6-9,17,21H,1,5,10-15H2,2-3H3,(H,32,33)/t17-,21+/m0/s1. The van der Waals surface area contributed by atoms with Crippen LogP contribution < -0.4 is 19.7 Å². The molecule has 0 saturated carbocycles. The molecule has 40 heavy (non-hydrogen) atoms. The van der Waals surface area contributed by atoms with Crippen molar-refractivity contribution in [2.24, 2.45) is 11.3 Å². The number of pyridine rings is 2. The molecule has 0 amide bonds. The van der Waals surface area contributed by atoms with Gasteiger partial charge in [0.2, 0.25) is 0 Å². The number of carbonyl (C=O) groups is 1. The molecule has 210 valence electrons. The highest BCUT2D eigenvalue weighted by molar-refractivity contribution is 6.41. The topological polar surface area (TPSA) is 95.0 Å². The minimum atomic E-state index is -0.0363. The molecular weight excluding hydrogens is 555 g/mol. The van der Waals surface area contributed by atoms with E-state index in [0.717, 1.165) is 42.9 Å². The van der Waals surface area contributed by atoms with Crippen LogP contribution in [0.1, 0.15) is 6.42 Å². The van der Waals surface area contributed by atoms with Crippen LogP contribution in [0.25, 0.3) is 22.0 Å². The fourth-order valence-corrected chi connectivity index (χ4v) is 6.36. The highest BCUT2D eigenvalue weighted by Crippen LogP contribution is 2.48. The summed E-state index contributed by atoms with van der Waals surface area (Å²) in [6.07, 6.45) is 3.56. The second-order valence-corrected chi connectivity index (χ2v) is 11.4. The van der Waals surface area contributed by atoms with Gasteiger partial charge in [0.1, 0.15) is 23.1 Å². The molecule has 2 aromatic heterocycles. The number of fused-ring (bicyclic) bond motifs is 1. The minimum Gasteiger partial charge on any atom is -0.495 e. The molecule has 0 aliphatic carbocycles. The quantitative estimate of drug-likeness (QED) is 0.347. The SMILES string of the molecule is C=CC(=O)C[C@H]1COC[C@H]1Nc1cc2c(N3CC4(COC4)C3)nc(-c3c(Cl)c(OC)cc(OC)c3Cl)cc2cn1. The molecule has 3 fully saturated rings. The Bertz CT molecular complexity index is 1460. The van der Waals surface area contributed by atoms with E-state index in [4.69, 9.17) is 52.1 Å². The number of carbonyl (C=O) groups excluding carboxylic acids is 1. The predicted octanol–water partition coefficient (Wildman–Crippen LogP) is 5.03. The van der Waals surface area contributed by atoms with E-state index < -0.39 is 0 Å². The molecule has 1 spiro atoms. The predicted molar refractivity (Wildman–Crippen MR) is 155 cm³/mol. The maximum Gasteiger partial charge on any atom is 0.155 e. The van der Waals surface area contributed by atoms with Crippen molar-refractivity contribution in [3.8, 4) is 22.8 Å². The van der Waals surface area contributed by atoms with Crippen LogP contribution in [0.3, 0.4) is 0 Å². The van der Waals surface area contributed by atoms with Crippen molar-refractivity contribution < 1.29 is 23.7 Å². The zero-order chi connectivity index (χ0) is 28.0. The Balaban J connectivity index is 1.41. The molecule has 3 aliphatic heterocycles. The van der Waals surface area contributed by atoms with Gasteiger partial charge in [-0.1, -0.05) is 29.8 Å². The lowest BCUT2D eigenvalue weighted by atomic mass is 9.78. The smallest absolute Gasteiger partial charge is 0.155 e. The fraction of sp³-hybridized carbons (Fsp3) is 0.414. The van der Waals surface area contributed by atoms with Crippen molar-refractivity contribution in [3.05, 3.63) is 47.1 Å². The van der Waals surface area contributed by atoms with Gasteiger partial charge in [-0.3, -0.25) is 4.79 Å². The highest BCUT2D eigenvalue weighted by Gasteiger charge is 2.50. The van der Waals surface area contributed by atoms with Crippen LogP contribution in [-0.2, 0) is 14.3 Å². The third-order valence-electron chi connectivity index (χ3n) is 7.92. The van der Waals surface area contributed by atoms with E-state index in [-0.39, 0.29) is 23.2 Å². The monoisotopic (exact) mass is 584 g/mol. The molecule has 1 aromatic carbocycles. The Morgan fingerprint density at radius 2 is 1.88 bits per heavy atom. The third-order valence-corrected chi connectivity index (χ3v) is 8.67. The lowest BCUT2D eigenvalue weighted by Gasteiger charge is -2.55. The molecular formula is C29H30Cl2N4O5. The van der Waals surface area contributed by atoms with Gasteiger partial charge in [0.15, 0.2) is 5.78 Å². The number of ether oxygens (including phenoxy) is 4. The molecule has 5 heterocycles. The maximum absolute atomic E-state index is 12.0. The van der Waals surface area contributed by atoms with Crippen LogP contribution >= 0.6 is 23.2 Å². The summed E-state index contributed by atoms with van der Waals surface area (Å²) in [6.45, 7) is 7.81. The first-order chi connectivity index (χ1) is 19.3. The van der Waals surface area contributed by atoms with Gasteiger partial charge in [-0.15, -0.1) is 0 Å². The molecule has 9 nitrogen and oxygen atoms in total. The molecule has 11 heteroatoms. The van der Waals surface area contributed by atoms with Crippen molar-refractivity contribution >= 4 is 51.4 Å². The number of nitrogens with one attached hydrogen (secondary N) is 1. The summed E-state index contributed by atoms with van der Waals surface area (Å²) >= 11 is 13.5. The summed E-state index contributed by atoms with van der Waals surface area (Å²) in [5, 5.41) is 6.01. The van der Waals surface area contributed by atoms with Gasteiger partial charge in [0.05, 0.1) is 67.8 Å². The number of allylic oxidation sites excluding steroid dienone is 1. The largest absolute Gasteiger partial charge is 0.495 e. The first-order valence-corrected chi connectivity index (χ1v) is 13.8. The second kappa shape index (κ2) is 10.7. The summed E-state index contributed by atoms with van der Waals surface area (Å²) in [4.78, 5) is 24.0. The lowest BCUT2D eigenvalue weighted by Crippen LogP contribution is -2.66. The molecule has 1 N–H and O–H groups in total. The van der Waals surface area contributed by atoms with Crippen LogP contribution in [0.5, 0.6) is 11.5 Å². The number of halogens is 2. The molecule has 0 bridgehead atoms. The number of benzene rings is 1. The van der Waals surface area contributed by atoms with Gasteiger partial charge < -0.3 is 29.2 Å². The summed E-state index contributed by atoms with van der Waals surface area (Å²) < 4.78 is 22.2. The Kier molecular flexibility index (Phi) is 7.25. The summed E-state index contributed by atoms with van der Waals surface area (Å²) in [6, 6.07) is 5.55. The van der Waals surface area contributed by atoms with Gasteiger partial charge >= 0.3 is 0 Å². The van der Waals surface area contributed by atoms with Gasteiger partial charge in [0, 0.05) is 54.0 Å². The normalized spacial score (nSPS) is 21.1. The molecule has 0 unspecified atom stereocenters. The van der Waals surface area contributed by atoms with Crippen molar-refractivity contribution in [2.45, 2.75) is 12.5 Å². The molecule has 3 aliphatic rings. The van der Waals surface area contributed by atoms with Crippen LogP contribution in [0.15, 0.2) is 37.1 Å². The van der Waals surface area contributed by atoms with Crippen molar-refractivity contribution in [1.29, 1.82) is 0 Å². The average Bonchev–Trinajstić information content (AvgIpc) is 3.33. The first-order valence-electron chi connectivity index (χ1n) is 13.1. The summed E-state index contributed by atoms with van der Waals surface area (Å²) in [5.41, 5.74) is 1.30. The van der Waals surface area contributed by atoms with Crippen LogP contribution in [0.2, 0.25) is 10.0 Å². The minimum absolute atomic E-state index is 0.00553. The van der Waals surface area contributed by atoms with Gasteiger partial charge in [-0.2, -0.15) is 0 Å². The first kappa shape index (κ1) is 27.1. The molecule has 0 radical (unpaired) electrons. The van der Waals surface area contributed by atoms with Gasteiger partial charge in [-0.25, -0.2) is 9.97 Å². The second-order valence-electron chi connectivity index (χ2n) is 10.7. The zero-order valence-corrected chi connectivity index (χ0v) is 23.8. The Labute approximate surface area is 242 Å². The average molecular weight is 585 g/mol. The van der Waals surface area contributed by atoms with E-state index >= 15 is 0 Å². The van der Waals surface area contributed by atoms with Crippen molar-refractivity contribution in [1.82, 2.24) is 9.97 Å². The number of rotatable bonds is 9. The number of hydrogen-bond acceptors (Lipinski definition) is 9. The highest BCUT2D eigenvalue weighted by atomic mass is 35.5. The molecule has 3 aromatic rings. The molecule has 2 atom stereocenters. The number of aromatic nitrogens is 2. The number of hydrogen-bond donors (Lipinski definition) is 1. The Hall–Kier alpha value is -3.11. The van der Waals surface area contributed by atoms with Crippen LogP contribution in [0, 0.1) is 11.3 Å². The van der Waals surface area contributed by atoms with E-state index in [1.54, 1.807) is 20.3 Å².